The first-order valence-electron chi connectivity index (χ1n) is 11.2. The molecule has 0 aromatic heterocycles. The highest BCUT2D eigenvalue weighted by atomic mass is 35.5. The lowest BCUT2D eigenvalue weighted by atomic mass is 9.97. The number of hydrogen-bond donors (Lipinski definition) is 0. The predicted octanol–water partition coefficient (Wildman–Crippen LogP) is 4.36. The number of amides is 1. The van der Waals surface area contributed by atoms with Crippen LogP contribution in [0.15, 0.2) is 41.3 Å². The molecule has 0 spiro atoms. The van der Waals surface area contributed by atoms with Gasteiger partial charge < -0.3 is 9.80 Å². The van der Waals surface area contributed by atoms with Gasteiger partial charge >= 0.3 is 0 Å². The molecule has 2 aromatic carbocycles. The number of carbonyl (C=O) groups excluding carboxylic acids is 1. The van der Waals surface area contributed by atoms with Crippen molar-refractivity contribution < 1.29 is 13.2 Å². The second-order valence-electron chi connectivity index (χ2n) is 8.81. The van der Waals surface area contributed by atoms with Crippen LogP contribution >= 0.6 is 23.2 Å². The van der Waals surface area contributed by atoms with Gasteiger partial charge in [0.25, 0.3) is 0 Å². The largest absolute Gasteiger partial charge is 0.368 e. The number of nitrogens with zero attached hydrogens (tertiary/aromatic N) is 3. The molecule has 9 heteroatoms. The van der Waals surface area contributed by atoms with Crippen LogP contribution in [0.5, 0.6) is 0 Å². The second-order valence-corrected chi connectivity index (χ2v) is 11.6. The van der Waals surface area contributed by atoms with Gasteiger partial charge in [0.05, 0.1) is 10.9 Å². The molecule has 0 N–H and O–H groups in total. The summed E-state index contributed by atoms with van der Waals surface area (Å²) in [5.74, 6) is -0.313. The molecule has 0 bridgehead atoms. The number of piperidine rings is 1. The number of halogens is 2. The van der Waals surface area contributed by atoms with Gasteiger partial charge in [0.2, 0.25) is 15.9 Å². The Morgan fingerprint density at radius 3 is 2.45 bits per heavy atom. The number of sulfonamides is 1. The Hall–Kier alpha value is -1.80. The molecule has 2 aliphatic rings. The van der Waals surface area contributed by atoms with Gasteiger partial charge in [-0.2, -0.15) is 4.31 Å². The van der Waals surface area contributed by atoms with Gasteiger partial charge in [-0.1, -0.05) is 35.3 Å². The molecular formula is C24H29Cl2N3O3S. The van der Waals surface area contributed by atoms with Gasteiger partial charge in [-0.15, -0.1) is 0 Å². The normalized spacial score (nSPS) is 20.2. The highest BCUT2D eigenvalue weighted by molar-refractivity contribution is 7.89. The summed E-state index contributed by atoms with van der Waals surface area (Å²) in [5.41, 5.74) is 3.75. The SMILES string of the molecule is Cc1cccc(N2CCN(C(=O)[C@@H]3CCCN(S(=O)(=O)c4cc(Cl)ccc4Cl)C3)CC2)c1C. The van der Waals surface area contributed by atoms with E-state index in [0.29, 0.717) is 37.5 Å². The van der Waals surface area contributed by atoms with E-state index in [1.54, 1.807) is 6.07 Å². The number of carbonyl (C=O) groups is 1. The Balaban J connectivity index is 1.42. The molecule has 2 heterocycles. The fourth-order valence-electron chi connectivity index (χ4n) is 4.68. The van der Waals surface area contributed by atoms with E-state index < -0.39 is 10.0 Å². The van der Waals surface area contributed by atoms with Gasteiger partial charge in [-0.05, 0) is 62.1 Å². The zero-order chi connectivity index (χ0) is 23.8. The molecule has 2 fully saturated rings. The summed E-state index contributed by atoms with van der Waals surface area (Å²) >= 11 is 12.2. The van der Waals surface area contributed by atoms with Gasteiger partial charge in [0.15, 0.2) is 0 Å². The molecule has 0 radical (unpaired) electrons. The average Bonchev–Trinajstić information content (AvgIpc) is 2.82. The van der Waals surface area contributed by atoms with Gasteiger partial charge in [0, 0.05) is 50.0 Å². The third-order valence-electron chi connectivity index (χ3n) is 6.75. The summed E-state index contributed by atoms with van der Waals surface area (Å²) in [7, 11) is -3.83. The molecule has 0 saturated carbocycles. The van der Waals surface area contributed by atoms with Crippen LogP contribution in [0.4, 0.5) is 5.69 Å². The lowest BCUT2D eigenvalue weighted by Gasteiger charge is -2.40. The number of piperazine rings is 1. The molecule has 6 nitrogen and oxygen atoms in total. The number of aryl methyl sites for hydroxylation is 1. The topological polar surface area (TPSA) is 60.9 Å². The molecule has 2 aliphatic heterocycles. The molecule has 1 amide bonds. The Labute approximate surface area is 206 Å². The van der Waals surface area contributed by atoms with Crippen LogP contribution in [0.25, 0.3) is 0 Å². The minimum absolute atomic E-state index is 0.00750. The molecule has 0 unspecified atom stereocenters. The summed E-state index contributed by atoms with van der Waals surface area (Å²) in [4.78, 5) is 17.5. The number of rotatable bonds is 4. The number of benzene rings is 2. The average molecular weight is 510 g/mol. The number of hydrogen-bond acceptors (Lipinski definition) is 4. The standard InChI is InChI=1S/C24H29Cl2N3O3S/c1-17-5-3-7-22(18(17)2)27-11-13-28(14-12-27)24(30)19-6-4-10-29(16-19)33(31,32)23-15-20(25)8-9-21(23)26/h3,5,7-9,15,19H,4,6,10-14,16H2,1-2H3/t19-/m1/s1. The third kappa shape index (κ3) is 5.02. The fourth-order valence-corrected chi connectivity index (χ4v) is 6.94. The lowest BCUT2D eigenvalue weighted by molar-refractivity contribution is -0.137. The molecule has 4 rings (SSSR count). The van der Waals surface area contributed by atoms with E-state index in [-0.39, 0.29) is 28.3 Å². The van der Waals surface area contributed by atoms with Crippen molar-refractivity contribution in [2.75, 3.05) is 44.2 Å². The molecule has 0 aliphatic carbocycles. The highest BCUT2D eigenvalue weighted by Crippen LogP contribution is 2.31. The molecule has 2 aromatic rings. The van der Waals surface area contributed by atoms with Gasteiger partial charge in [-0.25, -0.2) is 8.42 Å². The summed E-state index contributed by atoms with van der Waals surface area (Å²) in [6.45, 7) is 7.58. The van der Waals surface area contributed by atoms with Crippen molar-refractivity contribution in [3.8, 4) is 0 Å². The summed E-state index contributed by atoms with van der Waals surface area (Å²) in [6.07, 6.45) is 1.32. The zero-order valence-electron chi connectivity index (χ0n) is 18.9. The maximum Gasteiger partial charge on any atom is 0.244 e. The van der Waals surface area contributed by atoms with Crippen LogP contribution in [0.2, 0.25) is 10.0 Å². The van der Waals surface area contributed by atoms with Crippen molar-refractivity contribution in [3.63, 3.8) is 0 Å². The molecule has 1 atom stereocenters. The van der Waals surface area contributed by atoms with Crippen LogP contribution in [-0.4, -0.2) is 62.8 Å². The van der Waals surface area contributed by atoms with E-state index in [2.05, 4.69) is 36.9 Å². The van der Waals surface area contributed by atoms with Crippen molar-refractivity contribution >= 4 is 44.8 Å². The Bertz CT molecular complexity index is 1150. The molecule has 178 valence electrons. The first kappa shape index (κ1) is 24.3. The van der Waals surface area contributed by atoms with Crippen LogP contribution < -0.4 is 4.90 Å². The first-order chi connectivity index (χ1) is 15.7. The van der Waals surface area contributed by atoms with Crippen molar-refractivity contribution in [2.45, 2.75) is 31.6 Å². The minimum Gasteiger partial charge on any atom is -0.368 e. The van der Waals surface area contributed by atoms with Crippen LogP contribution in [0.3, 0.4) is 0 Å². The van der Waals surface area contributed by atoms with Crippen molar-refractivity contribution in [1.82, 2.24) is 9.21 Å². The predicted molar refractivity (Wildman–Crippen MR) is 133 cm³/mol. The first-order valence-corrected chi connectivity index (χ1v) is 13.4. The van der Waals surface area contributed by atoms with Gasteiger partial charge in [-0.3, -0.25) is 4.79 Å². The van der Waals surface area contributed by atoms with Crippen LogP contribution in [-0.2, 0) is 14.8 Å². The van der Waals surface area contributed by atoms with E-state index in [1.807, 2.05) is 4.90 Å². The molecule has 33 heavy (non-hydrogen) atoms. The van der Waals surface area contributed by atoms with Crippen LogP contribution in [0, 0.1) is 19.8 Å². The maximum atomic E-state index is 13.3. The van der Waals surface area contributed by atoms with Crippen molar-refractivity contribution in [3.05, 3.63) is 57.6 Å². The smallest absolute Gasteiger partial charge is 0.244 e. The highest BCUT2D eigenvalue weighted by Gasteiger charge is 2.36. The quantitative estimate of drug-likeness (QED) is 0.614. The molecular weight excluding hydrogens is 481 g/mol. The Morgan fingerprint density at radius 2 is 1.73 bits per heavy atom. The van der Waals surface area contributed by atoms with E-state index in [0.717, 1.165) is 13.1 Å². The third-order valence-corrected chi connectivity index (χ3v) is 9.33. The van der Waals surface area contributed by atoms with Crippen molar-refractivity contribution in [1.29, 1.82) is 0 Å². The fraction of sp³-hybridized carbons (Fsp3) is 0.458. The minimum atomic E-state index is -3.83. The number of anilines is 1. The summed E-state index contributed by atoms with van der Waals surface area (Å²) in [6, 6.07) is 10.7. The van der Waals surface area contributed by atoms with E-state index >= 15 is 0 Å². The van der Waals surface area contributed by atoms with E-state index in [9.17, 15) is 13.2 Å². The van der Waals surface area contributed by atoms with Crippen LogP contribution in [0.1, 0.15) is 24.0 Å². The Kier molecular flexibility index (Phi) is 7.24. The maximum absolute atomic E-state index is 13.3. The monoisotopic (exact) mass is 509 g/mol. The zero-order valence-corrected chi connectivity index (χ0v) is 21.3. The summed E-state index contributed by atoms with van der Waals surface area (Å²) in [5, 5.41) is 0.444. The van der Waals surface area contributed by atoms with E-state index in [4.69, 9.17) is 23.2 Å². The second kappa shape index (κ2) is 9.82. The lowest BCUT2D eigenvalue weighted by Crippen LogP contribution is -2.53. The van der Waals surface area contributed by atoms with Crippen molar-refractivity contribution in [2.24, 2.45) is 5.92 Å². The summed E-state index contributed by atoms with van der Waals surface area (Å²) < 4.78 is 27.8. The Morgan fingerprint density at radius 1 is 1.00 bits per heavy atom. The van der Waals surface area contributed by atoms with E-state index in [1.165, 1.54) is 33.3 Å². The van der Waals surface area contributed by atoms with Gasteiger partial charge in [0.1, 0.15) is 4.90 Å². The molecule has 2 saturated heterocycles.